The second kappa shape index (κ2) is 9.18. The first kappa shape index (κ1) is 26.1. The minimum absolute atomic E-state index is 0.151. The lowest BCUT2D eigenvalue weighted by atomic mass is 9.77. The Morgan fingerprint density at radius 2 is 1.04 bits per heavy atom. The van der Waals surface area contributed by atoms with Gasteiger partial charge in [0.2, 0.25) is 0 Å². The van der Waals surface area contributed by atoms with Crippen LogP contribution in [0.5, 0.6) is 0 Å². The molecule has 0 saturated heterocycles. The molecule has 3 aromatic heterocycles. The van der Waals surface area contributed by atoms with E-state index in [9.17, 15) is 0 Å². The van der Waals surface area contributed by atoms with Crippen molar-refractivity contribution < 1.29 is 0 Å². The molecular formula is C47H32N2. The summed E-state index contributed by atoms with van der Waals surface area (Å²) in [7, 11) is 0. The summed E-state index contributed by atoms with van der Waals surface area (Å²) in [4.78, 5) is 0. The zero-order chi connectivity index (χ0) is 31.8. The van der Waals surface area contributed by atoms with Crippen molar-refractivity contribution in [3.63, 3.8) is 0 Å². The summed E-state index contributed by atoms with van der Waals surface area (Å²) in [5.74, 6) is 0. The van der Waals surface area contributed by atoms with Crippen LogP contribution in [0.25, 0.3) is 87.8 Å². The maximum Gasteiger partial charge on any atom is 0.0620 e. The molecule has 0 N–H and O–H groups in total. The van der Waals surface area contributed by atoms with Crippen molar-refractivity contribution in [3.05, 3.63) is 157 Å². The second-order valence-corrected chi connectivity index (χ2v) is 14.4. The lowest BCUT2D eigenvalue weighted by Gasteiger charge is -2.27. The van der Waals surface area contributed by atoms with E-state index in [1.807, 2.05) is 0 Å². The summed E-state index contributed by atoms with van der Waals surface area (Å²) in [6.45, 7) is 0. The highest BCUT2D eigenvalue weighted by molar-refractivity contribution is 6.23. The maximum atomic E-state index is 2.53. The summed E-state index contributed by atoms with van der Waals surface area (Å²) in [6.07, 6.45) is 5.09. The summed E-state index contributed by atoms with van der Waals surface area (Å²) in [5, 5.41) is 7.88. The van der Waals surface area contributed by atoms with Crippen LogP contribution in [0.15, 0.2) is 146 Å². The van der Waals surface area contributed by atoms with E-state index in [-0.39, 0.29) is 5.41 Å². The van der Waals surface area contributed by atoms with Crippen molar-refractivity contribution in [3.8, 4) is 27.9 Å². The van der Waals surface area contributed by atoms with Gasteiger partial charge < -0.3 is 8.97 Å². The molecule has 3 heterocycles. The van der Waals surface area contributed by atoms with Crippen LogP contribution in [0.2, 0.25) is 0 Å². The van der Waals surface area contributed by atoms with E-state index in [4.69, 9.17) is 0 Å². The van der Waals surface area contributed by atoms with Crippen molar-refractivity contribution in [2.75, 3.05) is 0 Å². The third-order valence-corrected chi connectivity index (χ3v) is 12.2. The molecule has 0 aliphatic heterocycles. The van der Waals surface area contributed by atoms with Crippen LogP contribution in [-0.2, 0) is 5.41 Å². The van der Waals surface area contributed by atoms with Gasteiger partial charge in [0, 0.05) is 43.4 Å². The number of para-hydroxylation sites is 3. The van der Waals surface area contributed by atoms with Crippen LogP contribution in [0.1, 0.15) is 36.8 Å². The molecule has 230 valence electrons. The Morgan fingerprint density at radius 1 is 0.408 bits per heavy atom. The molecule has 0 amide bonds. The first-order valence-corrected chi connectivity index (χ1v) is 17.7. The summed E-state index contributed by atoms with van der Waals surface area (Å²) < 4.78 is 4.98. The van der Waals surface area contributed by atoms with Crippen molar-refractivity contribution in [2.24, 2.45) is 0 Å². The Morgan fingerprint density at radius 3 is 1.90 bits per heavy atom. The fourth-order valence-electron chi connectivity index (χ4n) is 10.1. The van der Waals surface area contributed by atoms with Gasteiger partial charge in [0.15, 0.2) is 0 Å². The van der Waals surface area contributed by atoms with Gasteiger partial charge in [0.25, 0.3) is 0 Å². The van der Waals surface area contributed by atoms with Crippen molar-refractivity contribution in [1.82, 2.24) is 8.97 Å². The molecule has 0 unspecified atom stereocenters. The number of fused-ring (bicyclic) bond motifs is 14. The lowest BCUT2D eigenvalue weighted by Crippen LogP contribution is -2.20. The van der Waals surface area contributed by atoms with Crippen LogP contribution in [0, 0.1) is 0 Å². The summed E-state index contributed by atoms with van der Waals surface area (Å²) in [5.41, 5.74) is 16.2. The summed E-state index contributed by atoms with van der Waals surface area (Å²) in [6, 6.07) is 55.1. The smallest absolute Gasteiger partial charge is 0.0620 e. The molecule has 0 bridgehead atoms. The molecular weight excluding hydrogens is 593 g/mol. The Bertz CT molecular complexity index is 3000. The molecule has 49 heavy (non-hydrogen) atoms. The van der Waals surface area contributed by atoms with Gasteiger partial charge in [-0.15, -0.1) is 0 Å². The number of benzene rings is 7. The van der Waals surface area contributed by atoms with Crippen molar-refractivity contribution in [1.29, 1.82) is 0 Å². The van der Waals surface area contributed by atoms with Gasteiger partial charge >= 0.3 is 0 Å². The molecule has 1 spiro atoms. The topological polar surface area (TPSA) is 9.34 Å². The maximum absolute atomic E-state index is 2.53. The highest BCUT2D eigenvalue weighted by Crippen LogP contribution is 2.57. The molecule has 7 aromatic carbocycles. The number of hydrogen-bond donors (Lipinski definition) is 0. The number of rotatable bonds is 2. The van der Waals surface area contributed by atoms with E-state index in [0.717, 1.165) is 0 Å². The van der Waals surface area contributed by atoms with Crippen molar-refractivity contribution >= 4 is 59.9 Å². The van der Waals surface area contributed by atoms with Gasteiger partial charge in [0.1, 0.15) is 0 Å². The third-order valence-electron chi connectivity index (χ3n) is 12.2. The zero-order valence-electron chi connectivity index (χ0n) is 27.1. The molecule has 2 aliphatic carbocycles. The molecule has 2 heteroatoms. The van der Waals surface area contributed by atoms with Gasteiger partial charge in [0.05, 0.1) is 27.6 Å². The monoisotopic (exact) mass is 624 g/mol. The van der Waals surface area contributed by atoms with E-state index in [1.165, 1.54) is 125 Å². The van der Waals surface area contributed by atoms with E-state index >= 15 is 0 Å². The van der Waals surface area contributed by atoms with E-state index in [1.54, 1.807) is 0 Å². The van der Waals surface area contributed by atoms with Gasteiger partial charge in [-0.25, -0.2) is 0 Å². The van der Waals surface area contributed by atoms with E-state index in [0.29, 0.717) is 0 Å². The predicted octanol–water partition coefficient (Wildman–Crippen LogP) is 12.4. The molecule has 0 radical (unpaired) electrons. The first-order valence-electron chi connectivity index (χ1n) is 17.7. The average Bonchev–Trinajstić information content (AvgIpc) is 3.97. The normalized spacial score (nSPS) is 15.2. The lowest BCUT2D eigenvalue weighted by molar-refractivity contribution is 0.549. The molecule has 2 nitrogen and oxygen atoms in total. The minimum Gasteiger partial charge on any atom is -0.309 e. The summed E-state index contributed by atoms with van der Waals surface area (Å²) >= 11 is 0. The molecule has 1 fully saturated rings. The fraction of sp³-hybridized carbons (Fsp3) is 0.106. The highest BCUT2D eigenvalue weighted by atomic mass is 15.0. The Kier molecular flexibility index (Phi) is 4.90. The molecule has 2 aliphatic rings. The minimum atomic E-state index is 0.151. The third kappa shape index (κ3) is 3.22. The molecule has 1 saturated carbocycles. The number of hydrogen-bond acceptors (Lipinski definition) is 0. The van der Waals surface area contributed by atoms with Gasteiger partial charge in [-0.3, -0.25) is 0 Å². The quantitative estimate of drug-likeness (QED) is 0.181. The van der Waals surface area contributed by atoms with E-state index in [2.05, 4.69) is 155 Å². The average molecular weight is 625 g/mol. The van der Waals surface area contributed by atoms with Crippen LogP contribution in [0.3, 0.4) is 0 Å². The van der Waals surface area contributed by atoms with Crippen LogP contribution in [0.4, 0.5) is 0 Å². The van der Waals surface area contributed by atoms with E-state index < -0.39 is 0 Å². The van der Waals surface area contributed by atoms with Gasteiger partial charge in [-0.2, -0.15) is 0 Å². The Labute approximate surface area is 283 Å². The second-order valence-electron chi connectivity index (χ2n) is 14.4. The fourth-order valence-corrected chi connectivity index (χ4v) is 10.1. The van der Waals surface area contributed by atoms with Crippen molar-refractivity contribution in [2.45, 2.75) is 31.1 Å². The predicted molar refractivity (Wildman–Crippen MR) is 206 cm³/mol. The van der Waals surface area contributed by atoms with Crippen LogP contribution in [-0.4, -0.2) is 8.97 Å². The van der Waals surface area contributed by atoms with Gasteiger partial charge in [-0.1, -0.05) is 116 Å². The molecule has 0 atom stereocenters. The highest BCUT2D eigenvalue weighted by Gasteiger charge is 2.45. The first-order chi connectivity index (χ1) is 24.3. The Balaban J connectivity index is 1.06. The van der Waals surface area contributed by atoms with Crippen LogP contribution >= 0.6 is 0 Å². The van der Waals surface area contributed by atoms with Gasteiger partial charge in [-0.05, 0) is 88.7 Å². The molecule has 10 aromatic rings. The Hall–Kier alpha value is -5.86. The standard InChI is InChI=1S/C47H32N2/c1-4-15-40-32(10-1)33-22-20-31(28-41(33)47(40)24-7-8-25-47)48-42-16-5-3-12-35(42)39-26-29(19-23-44(39)48)30-18-21-36-38-14-9-13-37-34-11-2-6-17-43(34)49(46(37)38)45(36)27-30/h1-6,9-23,26-28H,7-8,24-25H2. The molecule has 12 rings (SSSR count). The zero-order valence-corrected chi connectivity index (χ0v) is 27.1. The number of nitrogens with zero attached hydrogens (tertiary/aromatic N) is 2. The SMILES string of the molecule is c1ccc2c(c1)-c1ccc(-n3c4ccccc4c4cc(-c5ccc6c7cccc8c9ccccc9n(c6c5)c87)ccc43)cc1C21CCCC1. The number of aromatic nitrogens is 2. The largest absolute Gasteiger partial charge is 0.309 e. The van der Waals surface area contributed by atoms with Crippen LogP contribution < -0.4 is 0 Å².